The van der Waals surface area contributed by atoms with Gasteiger partial charge in [-0.1, -0.05) is 0 Å². The van der Waals surface area contributed by atoms with E-state index in [1.165, 1.54) is 19.1 Å². The van der Waals surface area contributed by atoms with E-state index in [4.69, 9.17) is 14.9 Å². The Morgan fingerprint density at radius 3 is 2.26 bits per heavy atom. The summed E-state index contributed by atoms with van der Waals surface area (Å²) in [5.74, 6) is -2.32. The molecule has 2 rings (SSSR count). The lowest BCUT2D eigenvalue weighted by Gasteiger charge is -2.13. The Hall–Kier alpha value is -3.36. The van der Waals surface area contributed by atoms with E-state index in [-0.39, 0.29) is 41.4 Å². The third kappa shape index (κ3) is 4.25. The highest BCUT2D eigenvalue weighted by molar-refractivity contribution is 6.10. The second-order valence-electron chi connectivity index (χ2n) is 5.93. The molecule has 9 heteroatoms. The SMILES string of the molecule is CCOC(=O)c1c(C)oc(NC(=O)Cn2c(C)cc(=O)cc2C)c1C(N)=O. The number of anilines is 1. The Kier molecular flexibility index (Phi) is 5.84. The van der Waals surface area contributed by atoms with Gasteiger partial charge in [-0.15, -0.1) is 0 Å². The fourth-order valence-electron chi connectivity index (χ4n) is 2.76. The molecule has 2 heterocycles. The van der Waals surface area contributed by atoms with Crippen molar-refractivity contribution in [2.24, 2.45) is 5.73 Å². The molecule has 0 aliphatic carbocycles. The smallest absolute Gasteiger partial charge is 0.342 e. The van der Waals surface area contributed by atoms with Crippen LogP contribution in [0.3, 0.4) is 0 Å². The van der Waals surface area contributed by atoms with Crippen LogP contribution in [0.1, 0.15) is 44.8 Å². The van der Waals surface area contributed by atoms with Gasteiger partial charge >= 0.3 is 5.97 Å². The molecule has 0 saturated carbocycles. The monoisotopic (exact) mass is 375 g/mol. The number of hydrogen-bond acceptors (Lipinski definition) is 6. The summed E-state index contributed by atoms with van der Waals surface area (Å²) in [5.41, 5.74) is 6.05. The molecule has 2 aromatic rings. The van der Waals surface area contributed by atoms with Crippen LogP contribution in [0.25, 0.3) is 0 Å². The maximum absolute atomic E-state index is 12.4. The molecule has 2 aromatic heterocycles. The molecule has 144 valence electrons. The van der Waals surface area contributed by atoms with Gasteiger partial charge in [0, 0.05) is 23.5 Å². The molecule has 0 fully saturated rings. The molecular formula is C18H21N3O6. The molecule has 27 heavy (non-hydrogen) atoms. The van der Waals surface area contributed by atoms with Crippen molar-refractivity contribution in [2.45, 2.75) is 34.2 Å². The average molecular weight is 375 g/mol. The number of carbonyl (C=O) groups is 3. The second kappa shape index (κ2) is 7.90. The molecule has 9 nitrogen and oxygen atoms in total. The molecule has 0 spiro atoms. The van der Waals surface area contributed by atoms with Crippen LogP contribution in [0.15, 0.2) is 21.3 Å². The van der Waals surface area contributed by atoms with Crippen LogP contribution in [0.4, 0.5) is 5.88 Å². The number of ether oxygens (including phenoxy) is 1. The zero-order chi connectivity index (χ0) is 20.3. The van der Waals surface area contributed by atoms with Crippen molar-refractivity contribution in [2.75, 3.05) is 11.9 Å². The Balaban J connectivity index is 2.33. The zero-order valence-corrected chi connectivity index (χ0v) is 15.5. The number of aryl methyl sites for hydroxylation is 3. The minimum absolute atomic E-state index is 0.105. The van der Waals surface area contributed by atoms with Gasteiger partial charge in [0.1, 0.15) is 23.4 Å². The number of hydrogen-bond donors (Lipinski definition) is 2. The van der Waals surface area contributed by atoms with E-state index in [9.17, 15) is 19.2 Å². The number of esters is 1. The lowest BCUT2D eigenvalue weighted by molar-refractivity contribution is -0.116. The van der Waals surface area contributed by atoms with Gasteiger partial charge in [0.2, 0.25) is 11.8 Å². The van der Waals surface area contributed by atoms with Crippen molar-refractivity contribution in [3.8, 4) is 0 Å². The summed E-state index contributed by atoms with van der Waals surface area (Å²) >= 11 is 0. The predicted octanol–water partition coefficient (Wildman–Crippen LogP) is 1.28. The number of amides is 2. The van der Waals surface area contributed by atoms with Crippen LogP contribution in [0, 0.1) is 20.8 Å². The number of nitrogens with one attached hydrogen (secondary N) is 1. The highest BCUT2D eigenvalue weighted by Gasteiger charge is 2.29. The predicted molar refractivity (Wildman–Crippen MR) is 96.7 cm³/mol. The Morgan fingerprint density at radius 2 is 1.74 bits per heavy atom. The lowest BCUT2D eigenvalue weighted by atomic mass is 10.1. The molecule has 0 unspecified atom stereocenters. The number of furan rings is 1. The van der Waals surface area contributed by atoms with Crippen molar-refractivity contribution < 1.29 is 23.5 Å². The molecular weight excluding hydrogens is 354 g/mol. The first-order valence-corrected chi connectivity index (χ1v) is 8.24. The maximum atomic E-state index is 12.4. The van der Waals surface area contributed by atoms with Crippen LogP contribution in [0.2, 0.25) is 0 Å². The number of nitrogens with two attached hydrogens (primary N) is 1. The van der Waals surface area contributed by atoms with Crippen molar-refractivity contribution in [3.63, 3.8) is 0 Å². The molecule has 0 atom stereocenters. The zero-order valence-electron chi connectivity index (χ0n) is 15.5. The molecule has 0 bridgehead atoms. The van der Waals surface area contributed by atoms with E-state index in [0.717, 1.165) is 0 Å². The number of pyridine rings is 1. The van der Waals surface area contributed by atoms with Crippen LogP contribution < -0.4 is 16.5 Å². The molecule has 3 N–H and O–H groups in total. The minimum Gasteiger partial charge on any atom is -0.462 e. The number of rotatable bonds is 6. The van der Waals surface area contributed by atoms with E-state index >= 15 is 0 Å². The number of primary amides is 1. The van der Waals surface area contributed by atoms with Crippen molar-refractivity contribution >= 4 is 23.7 Å². The van der Waals surface area contributed by atoms with E-state index in [0.29, 0.717) is 11.4 Å². The molecule has 2 amide bonds. The van der Waals surface area contributed by atoms with Gasteiger partial charge in [-0.05, 0) is 27.7 Å². The Morgan fingerprint density at radius 1 is 1.15 bits per heavy atom. The van der Waals surface area contributed by atoms with Crippen LogP contribution in [-0.2, 0) is 16.1 Å². The summed E-state index contributed by atoms with van der Waals surface area (Å²) in [4.78, 5) is 47.8. The number of carbonyl (C=O) groups excluding carboxylic acids is 3. The summed E-state index contributed by atoms with van der Waals surface area (Å²) in [6.07, 6.45) is 0. The van der Waals surface area contributed by atoms with Gasteiger partial charge in [-0.2, -0.15) is 0 Å². The first kappa shape index (κ1) is 20.0. The topological polar surface area (TPSA) is 134 Å². The molecule has 0 radical (unpaired) electrons. The van der Waals surface area contributed by atoms with Crippen molar-refractivity contribution in [1.29, 1.82) is 0 Å². The van der Waals surface area contributed by atoms with E-state index in [1.54, 1.807) is 25.3 Å². The third-order valence-corrected chi connectivity index (χ3v) is 3.92. The Labute approximate surface area is 155 Å². The van der Waals surface area contributed by atoms with Gasteiger partial charge in [0.15, 0.2) is 5.43 Å². The van der Waals surface area contributed by atoms with Gasteiger partial charge < -0.3 is 19.5 Å². The summed E-state index contributed by atoms with van der Waals surface area (Å²) in [7, 11) is 0. The third-order valence-electron chi connectivity index (χ3n) is 3.92. The summed E-state index contributed by atoms with van der Waals surface area (Å²) in [5, 5.41) is 2.45. The molecule has 0 aliphatic rings. The van der Waals surface area contributed by atoms with Crippen LogP contribution >= 0.6 is 0 Å². The van der Waals surface area contributed by atoms with Gasteiger partial charge in [0.25, 0.3) is 5.91 Å². The van der Waals surface area contributed by atoms with E-state index in [1.807, 2.05) is 0 Å². The van der Waals surface area contributed by atoms with Crippen LogP contribution in [0.5, 0.6) is 0 Å². The van der Waals surface area contributed by atoms with Gasteiger partial charge in [0.05, 0.1) is 6.61 Å². The van der Waals surface area contributed by atoms with Crippen LogP contribution in [-0.4, -0.2) is 29.0 Å². The van der Waals surface area contributed by atoms with E-state index in [2.05, 4.69) is 5.32 Å². The molecule has 0 aromatic carbocycles. The first-order chi connectivity index (χ1) is 12.6. The quantitative estimate of drug-likeness (QED) is 0.731. The fourth-order valence-corrected chi connectivity index (χ4v) is 2.76. The number of aromatic nitrogens is 1. The second-order valence-corrected chi connectivity index (χ2v) is 5.93. The summed E-state index contributed by atoms with van der Waals surface area (Å²) < 4.78 is 11.9. The van der Waals surface area contributed by atoms with Crippen molar-refractivity contribution in [3.05, 3.63) is 50.6 Å². The summed E-state index contributed by atoms with van der Waals surface area (Å²) in [6, 6.07) is 2.82. The standard InChI is InChI=1S/C18H21N3O6/c1-5-26-18(25)14-11(4)27-17(15(14)16(19)24)20-13(23)8-21-9(2)6-12(22)7-10(21)3/h6-7H,5,8H2,1-4H3,(H2,19,24)(H,20,23). The summed E-state index contributed by atoms with van der Waals surface area (Å²) in [6.45, 7) is 6.47. The largest absolute Gasteiger partial charge is 0.462 e. The number of nitrogens with zero attached hydrogens (tertiary/aromatic N) is 1. The highest BCUT2D eigenvalue weighted by atomic mass is 16.5. The minimum atomic E-state index is -0.930. The van der Waals surface area contributed by atoms with Gasteiger partial charge in [-0.25, -0.2) is 4.79 Å². The average Bonchev–Trinajstić information content (AvgIpc) is 2.87. The normalized spacial score (nSPS) is 10.5. The first-order valence-electron chi connectivity index (χ1n) is 8.24. The maximum Gasteiger partial charge on any atom is 0.342 e. The van der Waals surface area contributed by atoms with E-state index < -0.39 is 17.8 Å². The molecule has 0 aliphatic heterocycles. The fraction of sp³-hybridized carbons (Fsp3) is 0.333. The molecule has 0 saturated heterocycles. The lowest BCUT2D eigenvalue weighted by Crippen LogP contribution is -2.25. The van der Waals surface area contributed by atoms with Gasteiger partial charge in [-0.3, -0.25) is 19.7 Å². The van der Waals surface area contributed by atoms with Crippen molar-refractivity contribution in [1.82, 2.24) is 4.57 Å². The highest BCUT2D eigenvalue weighted by Crippen LogP contribution is 2.27. The Bertz CT molecular complexity index is 944.